The predicted molar refractivity (Wildman–Crippen MR) is 84.6 cm³/mol. The first kappa shape index (κ1) is 14.6. The molecule has 0 unspecified atom stereocenters. The van der Waals surface area contributed by atoms with Crippen LogP contribution in [0.25, 0.3) is 0 Å². The molecule has 0 heterocycles. The number of rotatable bonds is 6. The fourth-order valence-electron chi connectivity index (χ4n) is 1.81. The minimum absolute atomic E-state index is 0.138. The van der Waals surface area contributed by atoms with Crippen LogP contribution in [-0.4, -0.2) is 19.4 Å². The number of Topliss-reactive ketones (excluding diaryl/α,β-unsaturated/α-hetero) is 1. The van der Waals surface area contributed by atoms with Crippen LogP contribution in [-0.2, 0) is 0 Å². The number of anilines is 1. The summed E-state index contributed by atoms with van der Waals surface area (Å²) in [6.07, 6.45) is 0.466. The van der Waals surface area contributed by atoms with E-state index in [9.17, 15) is 4.79 Å². The average molecular weight is 334 g/mol. The molecule has 4 heteroatoms. The number of hydrogen-bond donors (Lipinski definition) is 1. The quantitative estimate of drug-likeness (QED) is 0.807. The molecule has 0 aliphatic rings. The molecule has 2 rings (SSSR count). The fourth-order valence-corrected chi connectivity index (χ4v) is 2.07. The summed E-state index contributed by atoms with van der Waals surface area (Å²) in [5, 5.41) is 3.22. The van der Waals surface area contributed by atoms with Crippen LogP contribution in [0.5, 0.6) is 5.75 Å². The number of carbonyl (C=O) groups excluding carboxylic acids is 1. The standard InChI is InChI=1S/C16H16BrNO2/c1-20-15-8-6-14(7-9-15)18-11-10-16(19)12-2-4-13(17)5-3-12/h2-9,18H,10-11H2,1H3. The number of ketones is 1. The summed E-state index contributed by atoms with van der Waals surface area (Å²) < 4.78 is 6.07. The number of nitrogens with one attached hydrogen (secondary N) is 1. The van der Waals surface area contributed by atoms with E-state index in [1.807, 2.05) is 48.5 Å². The Hall–Kier alpha value is -1.81. The zero-order valence-electron chi connectivity index (χ0n) is 11.2. The highest BCUT2D eigenvalue weighted by Crippen LogP contribution is 2.15. The molecule has 1 N–H and O–H groups in total. The molecule has 2 aromatic rings. The highest BCUT2D eigenvalue weighted by molar-refractivity contribution is 9.10. The van der Waals surface area contributed by atoms with E-state index in [0.717, 1.165) is 21.5 Å². The van der Waals surface area contributed by atoms with Crippen LogP contribution in [0.4, 0.5) is 5.69 Å². The second kappa shape index (κ2) is 7.10. The summed E-state index contributed by atoms with van der Waals surface area (Å²) in [6.45, 7) is 0.612. The lowest BCUT2D eigenvalue weighted by Crippen LogP contribution is -2.08. The Balaban J connectivity index is 1.82. The van der Waals surface area contributed by atoms with Crippen LogP contribution in [0.2, 0.25) is 0 Å². The Kier molecular flexibility index (Phi) is 5.18. The van der Waals surface area contributed by atoms with Crippen LogP contribution in [0, 0.1) is 0 Å². The number of benzene rings is 2. The van der Waals surface area contributed by atoms with Crippen molar-refractivity contribution >= 4 is 27.4 Å². The smallest absolute Gasteiger partial charge is 0.164 e. The van der Waals surface area contributed by atoms with Crippen LogP contribution >= 0.6 is 15.9 Å². The molecule has 0 saturated heterocycles. The predicted octanol–water partition coefficient (Wildman–Crippen LogP) is 4.14. The van der Waals surface area contributed by atoms with Gasteiger partial charge in [-0.25, -0.2) is 0 Å². The SMILES string of the molecule is COc1ccc(NCCC(=O)c2ccc(Br)cc2)cc1. The number of carbonyl (C=O) groups is 1. The van der Waals surface area contributed by atoms with Crippen LogP contribution < -0.4 is 10.1 Å². The number of halogens is 1. The van der Waals surface area contributed by atoms with Crippen LogP contribution in [0.3, 0.4) is 0 Å². The van der Waals surface area contributed by atoms with Gasteiger partial charge >= 0.3 is 0 Å². The molecule has 0 amide bonds. The molecule has 0 aliphatic carbocycles. The van der Waals surface area contributed by atoms with Gasteiger partial charge in [0.15, 0.2) is 5.78 Å². The number of methoxy groups -OCH3 is 1. The lowest BCUT2D eigenvalue weighted by molar-refractivity contribution is 0.0986. The molecule has 104 valence electrons. The third-order valence-electron chi connectivity index (χ3n) is 2.94. The van der Waals surface area contributed by atoms with Gasteiger partial charge in [-0.15, -0.1) is 0 Å². The molecule has 20 heavy (non-hydrogen) atoms. The topological polar surface area (TPSA) is 38.3 Å². The van der Waals surface area contributed by atoms with Gasteiger partial charge in [0.05, 0.1) is 7.11 Å². The van der Waals surface area contributed by atoms with E-state index in [-0.39, 0.29) is 5.78 Å². The van der Waals surface area contributed by atoms with Crippen LogP contribution in [0.15, 0.2) is 53.0 Å². The zero-order valence-corrected chi connectivity index (χ0v) is 12.8. The second-order valence-corrected chi connectivity index (χ2v) is 5.25. The Morgan fingerprint density at radius 2 is 1.75 bits per heavy atom. The van der Waals surface area contributed by atoms with Gasteiger partial charge in [0, 0.05) is 28.7 Å². The molecule has 0 aliphatic heterocycles. The highest BCUT2D eigenvalue weighted by atomic mass is 79.9. The van der Waals surface area contributed by atoms with Crippen molar-refractivity contribution in [3.05, 3.63) is 58.6 Å². The maximum atomic E-state index is 12.0. The van der Waals surface area contributed by atoms with Gasteiger partial charge in [-0.3, -0.25) is 4.79 Å². The molecule has 3 nitrogen and oxygen atoms in total. The van der Waals surface area contributed by atoms with E-state index >= 15 is 0 Å². The highest BCUT2D eigenvalue weighted by Gasteiger charge is 2.05. The first-order chi connectivity index (χ1) is 9.69. The summed E-state index contributed by atoms with van der Waals surface area (Å²) in [7, 11) is 1.64. The maximum absolute atomic E-state index is 12.0. The maximum Gasteiger partial charge on any atom is 0.164 e. The van der Waals surface area contributed by atoms with E-state index in [0.29, 0.717) is 13.0 Å². The van der Waals surface area contributed by atoms with Gasteiger partial charge in [-0.2, -0.15) is 0 Å². The van der Waals surface area contributed by atoms with Crippen molar-refractivity contribution < 1.29 is 9.53 Å². The third kappa shape index (κ3) is 4.10. The van der Waals surface area contributed by atoms with E-state index in [2.05, 4.69) is 21.2 Å². The summed E-state index contributed by atoms with van der Waals surface area (Å²) >= 11 is 3.36. The average Bonchev–Trinajstić information content (AvgIpc) is 2.48. The van der Waals surface area contributed by atoms with E-state index in [4.69, 9.17) is 4.74 Å². The van der Waals surface area contributed by atoms with Crippen molar-refractivity contribution in [1.82, 2.24) is 0 Å². The molecule has 0 bridgehead atoms. The molecule has 0 saturated carbocycles. The van der Waals surface area contributed by atoms with Crippen molar-refractivity contribution in [2.75, 3.05) is 19.0 Å². The molecule has 2 aromatic carbocycles. The molecular weight excluding hydrogens is 318 g/mol. The van der Waals surface area contributed by atoms with Gasteiger partial charge in [0.2, 0.25) is 0 Å². The van der Waals surface area contributed by atoms with Crippen LogP contribution in [0.1, 0.15) is 16.8 Å². The Bertz CT molecular complexity index is 564. The Morgan fingerprint density at radius 3 is 2.35 bits per heavy atom. The normalized spacial score (nSPS) is 10.1. The van der Waals surface area contributed by atoms with Gasteiger partial charge in [-0.1, -0.05) is 28.1 Å². The van der Waals surface area contributed by atoms with Crippen molar-refractivity contribution in [3.63, 3.8) is 0 Å². The van der Waals surface area contributed by atoms with Gasteiger partial charge in [0.1, 0.15) is 5.75 Å². The summed E-state index contributed by atoms with van der Waals surface area (Å²) in [5.41, 5.74) is 1.72. The monoisotopic (exact) mass is 333 g/mol. The van der Waals surface area contributed by atoms with E-state index in [1.54, 1.807) is 7.11 Å². The molecule has 0 spiro atoms. The van der Waals surface area contributed by atoms with Gasteiger partial charge in [-0.05, 0) is 36.4 Å². The Labute approximate surface area is 127 Å². The van der Waals surface area contributed by atoms with Crippen molar-refractivity contribution in [2.24, 2.45) is 0 Å². The van der Waals surface area contributed by atoms with E-state index < -0.39 is 0 Å². The fraction of sp³-hybridized carbons (Fsp3) is 0.188. The van der Waals surface area contributed by atoms with Crippen molar-refractivity contribution in [2.45, 2.75) is 6.42 Å². The molecule has 0 atom stereocenters. The lowest BCUT2D eigenvalue weighted by atomic mass is 10.1. The third-order valence-corrected chi connectivity index (χ3v) is 3.47. The van der Waals surface area contributed by atoms with E-state index in [1.165, 1.54) is 0 Å². The van der Waals surface area contributed by atoms with Crippen molar-refractivity contribution in [3.8, 4) is 5.75 Å². The lowest BCUT2D eigenvalue weighted by Gasteiger charge is -2.07. The largest absolute Gasteiger partial charge is 0.497 e. The van der Waals surface area contributed by atoms with Gasteiger partial charge < -0.3 is 10.1 Å². The zero-order chi connectivity index (χ0) is 14.4. The minimum Gasteiger partial charge on any atom is -0.497 e. The van der Waals surface area contributed by atoms with Gasteiger partial charge in [0.25, 0.3) is 0 Å². The summed E-state index contributed by atoms with van der Waals surface area (Å²) in [4.78, 5) is 12.0. The number of ether oxygens (including phenoxy) is 1. The molecule has 0 radical (unpaired) electrons. The van der Waals surface area contributed by atoms with Crippen molar-refractivity contribution in [1.29, 1.82) is 0 Å². The minimum atomic E-state index is 0.138. The first-order valence-electron chi connectivity index (χ1n) is 6.36. The molecular formula is C16H16BrNO2. The Morgan fingerprint density at radius 1 is 1.10 bits per heavy atom. The second-order valence-electron chi connectivity index (χ2n) is 4.34. The summed E-state index contributed by atoms with van der Waals surface area (Å²) in [6, 6.07) is 15.1. The number of hydrogen-bond acceptors (Lipinski definition) is 3. The first-order valence-corrected chi connectivity index (χ1v) is 7.15. The molecule has 0 aromatic heterocycles. The molecule has 0 fully saturated rings. The summed E-state index contributed by atoms with van der Waals surface area (Å²) in [5.74, 6) is 0.958.